The summed E-state index contributed by atoms with van der Waals surface area (Å²) in [5.74, 6) is -2.76. The van der Waals surface area contributed by atoms with Gasteiger partial charge in [0.05, 0.1) is 0 Å². The molecule has 0 aromatic rings. The van der Waals surface area contributed by atoms with E-state index in [4.69, 9.17) is 0 Å². The summed E-state index contributed by atoms with van der Waals surface area (Å²) in [6.07, 6.45) is 1.10. The van der Waals surface area contributed by atoms with Crippen molar-refractivity contribution in [2.75, 3.05) is 0 Å². The predicted octanol–water partition coefficient (Wildman–Crippen LogP) is -1.70. The van der Waals surface area contributed by atoms with Gasteiger partial charge in [0.15, 0.2) is 0 Å². The van der Waals surface area contributed by atoms with Gasteiger partial charge in [-0.25, -0.2) is 0 Å². The van der Waals surface area contributed by atoms with Crippen LogP contribution in [0.5, 0.6) is 0 Å². The number of carbonyl (C=O) groups is 2. The number of carboxylic acid groups (broad SMARTS) is 2. The minimum Gasteiger partial charge on any atom is -0.550 e. The molecule has 0 amide bonds. The Morgan fingerprint density at radius 2 is 1.85 bits per heavy atom. The van der Waals surface area contributed by atoms with Crippen molar-refractivity contribution in [2.45, 2.75) is 32.6 Å². The van der Waals surface area contributed by atoms with Gasteiger partial charge in [-0.15, -0.1) is 0 Å². The molecule has 0 aliphatic carbocycles. The zero-order valence-electron chi connectivity index (χ0n) is 7.54. The van der Waals surface area contributed by atoms with Gasteiger partial charge >= 0.3 is 27.3 Å². The van der Waals surface area contributed by atoms with Gasteiger partial charge < -0.3 is 19.8 Å². The second-order valence-electron chi connectivity index (χ2n) is 2.69. The minimum absolute atomic E-state index is 0. The van der Waals surface area contributed by atoms with Crippen LogP contribution in [0.4, 0.5) is 0 Å². The van der Waals surface area contributed by atoms with E-state index in [0.29, 0.717) is 19.3 Å². The average Bonchev–Trinajstić information content (AvgIpc) is 1.96. The van der Waals surface area contributed by atoms with Crippen molar-refractivity contribution >= 4 is 39.2 Å². The summed E-state index contributed by atoms with van der Waals surface area (Å²) in [6.45, 7) is 1.74. The Kier molecular flexibility index (Phi) is 9.98. The smallest absolute Gasteiger partial charge is 0.550 e. The number of hydrogen-bond donors (Lipinski definition) is 0. The Morgan fingerprint density at radius 1 is 1.31 bits per heavy atom. The summed E-state index contributed by atoms with van der Waals surface area (Å²) in [5.41, 5.74) is 0. The Morgan fingerprint density at radius 3 is 2.15 bits per heavy atom. The standard InChI is InChI=1S/C8H14O4.Pb/c1-2-6(8(11)12)4-3-5-7(9)10;/h6H,2-5H2,1H3,(H,9,10)(H,11,12);/q;+2/p-2. The molecule has 0 spiro atoms. The summed E-state index contributed by atoms with van der Waals surface area (Å²) >= 11 is 0. The second kappa shape index (κ2) is 8.46. The number of carboxylic acids is 2. The topological polar surface area (TPSA) is 80.3 Å². The summed E-state index contributed by atoms with van der Waals surface area (Å²) in [6, 6.07) is 0. The Labute approximate surface area is 97.5 Å². The maximum atomic E-state index is 10.3. The van der Waals surface area contributed by atoms with Crippen LogP contribution in [0.1, 0.15) is 32.6 Å². The third-order valence-electron chi connectivity index (χ3n) is 1.76. The first-order valence-electron chi connectivity index (χ1n) is 3.98. The van der Waals surface area contributed by atoms with Gasteiger partial charge in [-0.05, 0) is 31.6 Å². The fourth-order valence-electron chi connectivity index (χ4n) is 0.981. The molecule has 0 saturated heterocycles. The van der Waals surface area contributed by atoms with Crippen LogP contribution in [-0.2, 0) is 9.59 Å². The largest absolute Gasteiger partial charge is 2.00 e. The van der Waals surface area contributed by atoms with Gasteiger partial charge in [0, 0.05) is 11.9 Å². The first-order chi connectivity index (χ1) is 5.57. The molecule has 0 aromatic carbocycles. The Hall–Kier alpha value is -0.138. The van der Waals surface area contributed by atoms with Gasteiger partial charge in [-0.1, -0.05) is 6.92 Å². The van der Waals surface area contributed by atoms with E-state index in [-0.39, 0.29) is 33.7 Å². The molecule has 2 radical (unpaired) electrons. The van der Waals surface area contributed by atoms with Crippen LogP contribution in [-0.4, -0.2) is 39.2 Å². The molecule has 0 aliphatic rings. The van der Waals surface area contributed by atoms with Crippen LogP contribution in [0.25, 0.3) is 0 Å². The first-order valence-corrected chi connectivity index (χ1v) is 3.98. The Balaban J connectivity index is 0. The van der Waals surface area contributed by atoms with Crippen LogP contribution in [0.2, 0.25) is 0 Å². The van der Waals surface area contributed by atoms with E-state index in [2.05, 4.69) is 0 Å². The molecule has 1 atom stereocenters. The zero-order chi connectivity index (χ0) is 9.56. The van der Waals surface area contributed by atoms with E-state index >= 15 is 0 Å². The van der Waals surface area contributed by atoms with Crippen molar-refractivity contribution in [1.82, 2.24) is 0 Å². The number of carbonyl (C=O) groups excluding carboxylic acids is 2. The molecule has 13 heavy (non-hydrogen) atoms. The predicted molar refractivity (Wildman–Crippen MR) is 43.4 cm³/mol. The molecule has 0 aliphatic heterocycles. The molecule has 0 heterocycles. The molecule has 0 bridgehead atoms. The molecular weight excluding hydrogens is 367 g/mol. The van der Waals surface area contributed by atoms with E-state index in [1.54, 1.807) is 6.92 Å². The van der Waals surface area contributed by atoms with Crippen molar-refractivity contribution in [2.24, 2.45) is 5.92 Å². The molecule has 0 fully saturated rings. The second-order valence-corrected chi connectivity index (χ2v) is 2.69. The quantitative estimate of drug-likeness (QED) is 0.516. The van der Waals surface area contributed by atoms with E-state index in [1.807, 2.05) is 0 Å². The molecule has 4 nitrogen and oxygen atoms in total. The van der Waals surface area contributed by atoms with Gasteiger partial charge in [0.2, 0.25) is 0 Å². The third kappa shape index (κ3) is 8.20. The molecule has 0 aromatic heterocycles. The van der Waals surface area contributed by atoms with Crippen molar-refractivity contribution in [3.63, 3.8) is 0 Å². The normalized spacial score (nSPS) is 11.5. The summed E-state index contributed by atoms with van der Waals surface area (Å²) in [7, 11) is 0. The molecule has 0 saturated carbocycles. The number of hydrogen-bond acceptors (Lipinski definition) is 4. The molecular formula is C8H12O4Pb. The zero-order valence-corrected chi connectivity index (χ0v) is 11.4. The molecule has 1 unspecified atom stereocenters. The molecule has 72 valence electrons. The van der Waals surface area contributed by atoms with Crippen molar-refractivity contribution in [3.8, 4) is 0 Å². The van der Waals surface area contributed by atoms with Gasteiger partial charge in [-0.3, -0.25) is 0 Å². The third-order valence-corrected chi connectivity index (χ3v) is 1.76. The maximum Gasteiger partial charge on any atom is 2.00 e. The SMILES string of the molecule is CCC(CCCC(=O)[O-])C(=O)[O-].[Pb+2]. The van der Waals surface area contributed by atoms with Crippen LogP contribution in [0, 0.1) is 5.92 Å². The summed E-state index contributed by atoms with van der Waals surface area (Å²) in [4.78, 5) is 20.3. The average molecular weight is 379 g/mol. The van der Waals surface area contributed by atoms with Crippen LogP contribution < -0.4 is 10.2 Å². The van der Waals surface area contributed by atoms with Gasteiger partial charge in [-0.2, -0.15) is 0 Å². The fourth-order valence-corrected chi connectivity index (χ4v) is 0.981. The van der Waals surface area contributed by atoms with Gasteiger partial charge in [0.25, 0.3) is 0 Å². The van der Waals surface area contributed by atoms with E-state index in [9.17, 15) is 19.8 Å². The minimum atomic E-state index is -1.14. The first kappa shape index (κ1) is 15.3. The van der Waals surface area contributed by atoms with Crippen LogP contribution in [0.15, 0.2) is 0 Å². The summed E-state index contributed by atoms with van der Waals surface area (Å²) < 4.78 is 0. The van der Waals surface area contributed by atoms with Gasteiger partial charge in [0.1, 0.15) is 0 Å². The van der Waals surface area contributed by atoms with E-state index in [1.165, 1.54) is 0 Å². The van der Waals surface area contributed by atoms with Crippen LogP contribution >= 0.6 is 0 Å². The fraction of sp³-hybridized carbons (Fsp3) is 0.750. The molecule has 5 heteroatoms. The Bertz CT molecular complexity index is 170. The molecule has 0 N–H and O–H groups in total. The van der Waals surface area contributed by atoms with Crippen LogP contribution in [0.3, 0.4) is 0 Å². The monoisotopic (exact) mass is 380 g/mol. The maximum absolute atomic E-state index is 10.3. The van der Waals surface area contributed by atoms with E-state index in [0.717, 1.165) is 0 Å². The van der Waals surface area contributed by atoms with Crippen molar-refractivity contribution in [3.05, 3.63) is 0 Å². The number of rotatable bonds is 6. The summed E-state index contributed by atoms with van der Waals surface area (Å²) in [5, 5.41) is 20.3. The van der Waals surface area contributed by atoms with Crippen molar-refractivity contribution < 1.29 is 19.8 Å². The van der Waals surface area contributed by atoms with Crippen molar-refractivity contribution in [1.29, 1.82) is 0 Å². The number of aliphatic carboxylic acids is 2. The molecule has 0 rings (SSSR count). The van der Waals surface area contributed by atoms with E-state index < -0.39 is 17.9 Å².